The van der Waals surface area contributed by atoms with Crippen molar-refractivity contribution in [3.05, 3.63) is 125 Å². The molecule has 1 atom stereocenters. The average Bonchev–Trinajstić information content (AvgIpc) is 2.94. The second-order valence-corrected chi connectivity index (χ2v) is 8.50. The van der Waals surface area contributed by atoms with Gasteiger partial charge in [0.05, 0.1) is 12.2 Å². The van der Waals surface area contributed by atoms with Crippen LogP contribution in [-0.2, 0) is 10.3 Å². The lowest BCUT2D eigenvalue weighted by molar-refractivity contribution is -0.0637. The van der Waals surface area contributed by atoms with E-state index >= 15 is 0 Å². The minimum atomic E-state index is -1.16. The third kappa shape index (κ3) is 4.21. The minimum Gasteiger partial charge on any atom is -0.504 e. The standard InChI is InChI=1S/C30H27NO5/c1-34-20-19-31-29-30(22-13-7-3-8-14-22,23-15-9-4-10-16-23)36-28-25(35-29)18-17-24(27(28)33)26(32)21-11-5-2-6-12-21/h2-18,29,31,33H,19-20H2,1H3. The van der Waals surface area contributed by atoms with Crippen molar-refractivity contribution in [2.24, 2.45) is 0 Å². The maximum Gasteiger partial charge on any atom is 0.209 e. The van der Waals surface area contributed by atoms with Crippen LogP contribution in [0.5, 0.6) is 17.2 Å². The summed E-state index contributed by atoms with van der Waals surface area (Å²) in [7, 11) is 1.64. The van der Waals surface area contributed by atoms with Crippen LogP contribution in [-0.4, -0.2) is 37.4 Å². The number of fused-ring (bicyclic) bond motifs is 1. The van der Waals surface area contributed by atoms with Crippen molar-refractivity contribution in [1.82, 2.24) is 5.32 Å². The monoisotopic (exact) mass is 481 g/mol. The number of nitrogens with one attached hydrogen (secondary N) is 1. The molecule has 0 saturated heterocycles. The van der Waals surface area contributed by atoms with Gasteiger partial charge in [0, 0.05) is 30.3 Å². The zero-order valence-corrected chi connectivity index (χ0v) is 19.9. The minimum absolute atomic E-state index is 0.120. The Morgan fingerprint density at radius 3 is 2.06 bits per heavy atom. The van der Waals surface area contributed by atoms with Gasteiger partial charge in [0.1, 0.15) is 0 Å². The maximum atomic E-state index is 13.2. The van der Waals surface area contributed by atoms with Gasteiger partial charge in [-0.05, 0) is 12.1 Å². The number of benzene rings is 4. The number of aromatic hydroxyl groups is 1. The molecule has 6 heteroatoms. The fourth-order valence-electron chi connectivity index (χ4n) is 4.53. The molecule has 0 aliphatic carbocycles. The highest BCUT2D eigenvalue weighted by atomic mass is 16.6. The molecule has 1 heterocycles. The Kier molecular flexibility index (Phi) is 6.71. The van der Waals surface area contributed by atoms with Gasteiger partial charge in [-0.3, -0.25) is 10.1 Å². The predicted octanol–water partition coefficient (Wildman–Crippen LogP) is 4.90. The molecule has 1 aliphatic heterocycles. The summed E-state index contributed by atoms with van der Waals surface area (Å²) < 4.78 is 18.5. The summed E-state index contributed by atoms with van der Waals surface area (Å²) in [5, 5.41) is 14.7. The second-order valence-electron chi connectivity index (χ2n) is 8.50. The van der Waals surface area contributed by atoms with E-state index in [0.717, 1.165) is 11.1 Å². The van der Waals surface area contributed by atoms with Gasteiger partial charge in [-0.15, -0.1) is 0 Å². The molecule has 5 rings (SSSR count). The lowest BCUT2D eigenvalue weighted by atomic mass is 9.83. The molecule has 1 unspecified atom stereocenters. The summed E-state index contributed by atoms with van der Waals surface area (Å²) >= 11 is 0. The van der Waals surface area contributed by atoms with Crippen LogP contribution >= 0.6 is 0 Å². The molecule has 0 amide bonds. The summed E-state index contributed by atoms with van der Waals surface area (Å²) in [5.41, 5.74) is 1.12. The highest BCUT2D eigenvalue weighted by Crippen LogP contribution is 2.51. The number of methoxy groups -OCH3 is 1. The van der Waals surface area contributed by atoms with E-state index in [4.69, 9.17) is 14.2 Å². The van der Waals surface area contributed by atoms with E-state index in [1.807, 2.05) is 66.7 Å². The van der Waals surface area contributed by atoms with E-state index in [2.05, 4.69) is 5.32 Å². The molecule has 0 saturated carbocycles. The first-order valence-electron chi connectivity index (χ1n) is 11.8. The number of hydrogen-bond acceptors (Lipinski definition) is 6. The smallest absolute Gasteiger partial charge is 0.209 e. The quantitative estimate of drug-likeness (QED) is 0.275. The Bertz CT molecular complexity index is 1290. The Balaban J connectivity index is 1.67. The average molecular weight is 482 g/mol. The Morgan fingerprint density at radius 1 is 0.889 bits per heavy atom. The molecule has 6 nitrogen and oxygen atoms in total. The molecule has 2 N–H and O–H groups in total. The van der Waals surface area contributed by atoms with E-state index in [-0.39, 0.29) is 22.8 Å². The second kappa shape index (κ2) is 10.2. The van der Waals surface area contributed by atoms with Crippen molar-refractivity contribution < 1.29 is 24.1 Å². The molecule has 0 aromatic heterocycles. The Labute approximate surface area is 210 Å². The Hall–Kier alpha value is -4.13. The summed E-state index contributed by atoms with van der Waals surface area (Å²) in [4.78, 5) is 13.2. The first kappa shape index (κ1) is 23.6. The molecule has 0 bridgehead atoms. The van der Waals surface area contributed by atoms with Gasteiger partial charge in [0.2, 0.25) is 11.4 Å². The van der Waals surface area contributed by atoms with Crippen molar-refractivity contribution in [3.63, 3.8) is 0 Å². The first-order chi connectivity index (χ1) is 17.6. The van der Waals surface area contributed by atoms with E-state index in [9.17, 15) is 9.90 Å². The Morgan fingerprint density at radius 2 is 1.47 bits per heavy atom. The van der Waals surface area contributed by atoms with Gasteiger partial charge >= 0.3 is 0 Å². The van der Waals surface area contributed by atoms with E-state index in [1.165, 1.54) is 0 Å². The van der Waals surface area contributed by atoms with Crippen LogP contribution in [0.1, 0.15) is 27.0 Å². The van der Waals surface area contributed by atoms with Crippen LogP contribution in [0.15, 0.2) is 103 Å². The van der Waals surface area contributed by atoms with Crippen LogP contribution in [0.4, 0.5) is 0 Å². The SMILES string of the molecule is COCCNC1Oc2ccc(C(=O)c3ccccc3)c(O)c2OC1(c1ccccc1)c1ccccc1. The third-order valence-corrected chi connectivity index (χ3v) is 6.29. The number of phenols is 1. The van der Waals surface area contributed by atoms with Crippen molar-refractivity contribution in [2.45, 2.75) is 11.8 Å². The van der Waals surface area contributed by atoms with Gasteiger partial charge < -0.3 is 19.3 Å². The van der Waals surface area contributed by atoms with E-state index in [0.29, 0.717) is 24.5 Å². The fourth-order valence-corrected chi connectivity index (χ4v) is 4.53. The number of carbonyl (C=O) groups excluding carboxylic acids is 1. The van der Waals surface area contributed by atoms with Gasteiger partial charge in [-0.25, -0.2) is 0 Å². The highest BCUT2D eigenvalue weighted by molar-refractivity contribution is 6.11. The van der Waals surface area contributed by atoms with Crippen LogP contribution in [0, 0.1) is 0 Å². The number of ether oxygens (including phenoxy) is 3. The number of ketones is 1. The third-order valence-electron chi connectivity index (χ3n) is 6.29. The van der Waals surface area contributed by atoms with Crippen LogP contribution < -0.4 is 14.8 Å². The number of rotatable bonds is 8. The molecular formula is C30H27NO5. The molecule has 0 fully saturated rings. The molecule has 1 aliphatic rings. The largest absolute Gasteiger partial charge is 0.504 e. The number of phenolic OH excluding ortho intramolecular Hbond substituents is 1. The zero-order valence-electron chi connectivity index (χ0n) is 19.9. The van der Waals surface area contributed by atoms with Gasteiger partial charge in [0.15, 0.2) is 23.5 Å². The van der Waals surface area contributed by atoms with Crippen molar-refractivity contribution in [2.75, 3.05) is 20.3 Å². The molecule has 36 heavy (non-hydrogen) atoms. The summed E-state index contributed by atoms with van der Waals surface area (Å²) in [6, 6.07) is 31.5. The van der Waals surface area contributed by atoms with Crippen LogP contribution in [0.3, 0.4) is 0 Å². The lowest BCUT2D eigenvalue weighted by Gasteiger charge is -2.45. The van der Waals surface area contributed by atoms with Gasteiger partial charge in [-0.2, -0.15) is 0 Å². The molecular weight excluding hydrogens is 454 g/mol. The molecule has 0 spiro atoms. The summed E-state index contributed by atoms with van der Waals surface area (Å²) in [6.45, 7) is 0.986. The van der Waals surface area contributed by atoms with E-state index < -0.39 is 11.8 Å². The first-order valence-corrected chi connectivity index (χ1v) is 11.8. The zero-order chi connectivity index (χ0) is 25.0. The molecule has 182 valence electrons. The van der Waals surface area contributed by atoms with Crippen molar-refractivity contribution in [1.29, 1.82) is 0 Å². The normalized spacial score (nSPS) is 15.9. The van der Waals surface area contributed by atoms with E-state index in [1.54, 1.807) is 43.5 Å². The number of hydrogen-bond donors (Lipinski definition) is 2. The summed E-state index contributed by atoms with van der Waals surface area (Å²) in [5.74, 6) is -0.0957. The van der Waals surface area contributed by atoms with Crippen molar-refractivity contribution >= 4 is 5.78 Å². The van der Waals surface area contributed by atoms with Gasteiger partial charge in [-0.1, -0.05) is 91.0 Å². The van der Waals surface area contributed by atoms with Crippen molar-refractivity contribution in [3.8, 4) is 17.2 Å². The van der Waals surface area contributed by atoms with Crippen LogP contribution in [0.25, 0.3) is 0 Å². The molecule has 4 aromatic rings. The number of carbonyl (C=O) groups is 1. The molecule has 0 radical (unpaired) electrons. The topological polar surface area (TPSA) is 77.0 Å². The van der Waals surface area contributed by atoms with Crippen LogP contribution in [0.2, 0.25) is 0 Å². The summed E-state index contributed by atoms with van der Waals surface area (Å²) in [6.07, 6.45) is -0.653. The molecule has 4 aromatic carbocycles. The maximum absolute atomic E-state index is 13.2. The predicted molar refractivity (Wildman–Crippen MR) is 137 cm³/mol. The van der Waals surface area contributed by atoms with Gasteiger partial charge in [0.25, 0.3) is 0 Å². The fraction of sp³-hybridized carbons (Fsp3) is 0.167. The lowest BCUT2D eigenvalue weighted by Crippen LogP contribution is -2.58. The highest BCUT2D eigenvalue weighted by Gasteiger charge is 2.51.